The van der Waals surface area contributed by atoms with Crippen LogP contribution in [0.1, 0.15) is 5.56 Å². The molecule has 27 heavy (non-hydrogen) atoms. The summed E-state index contributed by atoms with van der Waals surface area (Å²) in [5.74, 6) is -0.0639. The molecule has 0 aliphatic heterocycles. The molecule has 1 rings (SSSR count). The smallest absolute Gasteiger partial charge is 0.407 e. The summed E-state index contributed by atoms with van der Waals surface area (Å²) < 4.78 is 21.1. The molecule has 0 spiro atoms. The highest BCUT2D eigenvalue weighted by Gasteiger charge is 2.01. The quantitative estimate of drug-likeness (QED) is 0.313. The number of halogens is 1. The van der Waals surface area contributed by atoms with Crippen LogP contribution >= 0.6 is 15.9 Å². The highest BCUT2D eigenvalue weighted by molar-refractivity contribution is 9.09. The third kappa shape index (κ3) is 14.1. The number of amides is 2. The number of nitrogens with one attached hydrogen (secondary N) is 2. The van der Waals surface area contributed by atoms with E-state index in [0.29, 0.717) is 58.1 Å². The monoisotopic (exact) mass is 446 g/mol. The van der Waals surface area contributed by atoms with Crippen molar-refractivity contribution in [2.75, 3.05) is 58.1 Å². The fraction of sp³-hybridized carbons (Fsp3) is 0.556. The molecule has 8 nitrogen and oxygen atoms in total. The number of carbonyl (C=O) groups excluding carboxylic acids is 2. The molecule has 152 valence electrons. The van der Waals surface area contributed by atoms with Gasteiger partial charge in [-0.3, -0.25) is 4.79 Å². The molecule has 0 aliphatic rings. The van der Waals surface area contributed by atoms with Gasteiger partial charge in [-0.05, 0) is 5.56 Å². The van der Waals surface area contributed by atoms with Crippen LogP contribution in [0.25, 0.3) is 0 Å². The molecule has 0 radical (unpaired) electrons. The molecule has 0 fully saturated rings. The first-order chi connectivity index (χ1) is 13.2. The maximum absolute atomic E-state index is 11.5. The Hall–Kier alpha value is -1.68. The van der Waals surface area contributed by atoms with Gasteiger partial charge in [0.15, 0.2) is 0 Å². The highest BCUT2D eigenvalue weighted by atomic mass is 79.9. The molecule has 0 heterocycles. The summed E-state index contributed by atoms with van der Waals surface area (Å²) in [5.41, 5.74) is 0.939. The van der Waals surface area contributed by atoms with E-state index in [1.165, 1.54) is 0 Å². The zero-order chi connectivity index (χ0) is 19.6. The summed E-state index contributed by atoms with van der Waals surface area (Å²) in [6.45, 7) is 3.72. The first-order valence-corrected chi connectivity index (χ1v) is 9.85. The van der Waals surface area contributed by atoms with Crippen LogP contribution in [0.2, 0.25) is 0 Å². The molecule has 0 bridgehead atoms. The number of alkyl carbamates (subject to hydrolysis) is 1. The Morgan fingerprint density at radius 3 is 1.96 bits per heavy atom. The van der Waals surface area contributed by atoms with Crippen molar-refractivity contribution < 1.29 is 28.5 Å². The molecular formula is C18H27BrN2O6. The van der Waals surface area contributed by atoms with Gasteiger partial charge in [-0.15, -0.1) is 0 Å². The minimum atomic E-state index is -0.469. The van der Waals surface area contributed by atoms with Gasteiger partial charge in [-0.1, -0.05) is 46.3 Å². The molecule has 0 saturated carbocycles. The fourth-order valence-electron chi connectivity index (χ4n) is 1.85. The Morgan fingerprint density at radius 2 is 1.37 bits per heavy atom. The summed E-state index contributed by atoms with van der Waals surface area (Å²) in [5, 5.41) is 5.58. The first-order valence-electron chi connectivity index (χ1n) is 8.73. The van der Waals surface area contributed by atoms with Crippen LogP contribution in [0.15, 0.2) is 30.3 Å². The van der Waals surface area contributed by atoms with E-state index < -0.39 is 6.09 Å². The van der Waals surface area contributed by atoms with E-state index in [2.05, 4.69) is 26.6 Å². The lowest BCUT2D eigenvalue weighted by molar-refractivity contribution is -0.118. The lowest BCUT2D eigenvalue weighted by Crippen LogP contribution is -2.28. The zero-order valence-corrected chi connectivity index (χ0v) is 16.9. The molecule has 0 aromatic heterocycles. The van der Waals surface area contributed by atoms with Crippen molar-refractivity contribution in [3.63, 3.8) is 0 Å². The summed E-state index contributed by atoms with van der Waals surface area (Å²) >= 11 is 3.06. The van der Waals surface area contributed by atoms with Crippen LogP contribution in [0.5, 0.6) is 0 Å². The van der Waals surface area contributed by atoms with Crippen molar-refractivity contribution in [3.05, 3.63) is 35.9 Å². The van der Waals surface area contributed by atoms with Crippen molar-refractivity contribution in [1.82, 2.24) is 10.6 Å². The van der Waals surface area contributed by atoms with Crippen LogP contribution in [0, 0.1) is 0 Å². The number of rotatable bonds is 15. The van der Waals surface area contributed by atoms with Crippen LogP contribution in [0.3, 0.4) is 0 Å². The lowest BCUT2D eigenvalue weighted by atomic mass is 10.2. The Balaban J connectivity index is 1.80. The Kier molecular flexibility index (Phi) is 14.3. The van der Waals surface area contributed by atoms with Gasteiger partial charge >= 0.3 is 6.09 Å². The van der Waals surface area contributed by atoms with E-state index >= 15 is 0 Å². The number of hydrogen-bond donors (Lipinski definition) is 2. The minimum Gasteiger partial charge on any atom is -0.445 e. The second-order valence-electron chi connectivity index (χ2n) is 5.31. The van der Waals surface area contributed by atoms with Gasteiger partial charge in [-0.2, -0.15) is 0 Å². The van der Waals surface area contributed by atoms with E-state index in [-0.39, 0.29) is 12.5 Å². The van der Waals surface area contributed by atoms with Crippen molar-refractivity contribution in [2.24, 2.45) is 0 Å². The average molecular weight is 447 g/mol. The van der Waals surface area contributed by atoms with E-state index in [1.807, 2.05) is 30.3 Å². The zero-order valence-electron chi connectivity index (χ0n) is 15.3. The normalized spacial score (nSPS) is 10.4. The van der Waals surface area contributed by atoms with Crippen molar-refractivity contribution in [1.29, 1.82) is 0 Å². The summed E-state index contributed by atoms with van der Waals surface area (Å²) in [6, 6.07) is 9.48. The molecule has 9 heteroatoms. The van der Waals surface area contributed by atoms with E-state index in [9.17, 15) is 9.59 Å². The van der Waals surface area contributed by atoms with Gasteiger partial charge in [0.05, 0.1) is 45.0 Å². The Labute approximate surface area is 168 Å². The minimum absolute atomic E-state index is 0.0639. The third-order valence-electron chi connectivity index (χ3n) is 3.16. The van der Waals surface area contributed by atoms with Gasteiger partial charge < -0.3 is 29.6 Å². The number of alkyl halides is 1. The standard InChI is InChI=1S/C18H27BrN2O6/c19-14-17(22)20-6-8-24-10-12-26-13-11-25-9-7-21-18(23)27-15-16-4-2-1-3-5-16/h1-5H,6-15H2,(H,20,22)(H,21,23). The average Bonchev–Trinajstić information content (AvgIpc) is 2.70. The molecule has 0 aliphatic carbocycles. The Bertz CT molecular complexity index is 518. The summed E-state index contributed by atoms with van der Waals surface area (Å²) in [7, 11) is 0. The number of ether oxygens (including phenoxy) is 4. The predicted octanol–water partition coefficient (Wildman–Crippen LogP) is 1.47. The van der Waals surface area contributed by atoms with Gasteiger partial charge in [-0.25, -0.2) is 4.79 Å². The van der Waals surface area contributed by atoms with Crippen LogP contribution in [0.4, 0.5) is 4.79 Å². The molecule has 0 atom stereocenters. The molecule has 2 N–H and O–H groups in total. The predicted molar refractivity (Wildman–Crippen MR) is 104 cm³/mol. The van der Waals surface area contributed by atoms with Gasteiger partial charge in [0.25, 0.3) is 0 Å². The SMILES string of the molecule is O=C(CBr)NCCOCCOCCOCCNC(=O)OCc1ccccc1. The van der Waals surface area contributed by atoms with Crippen LogP contribution in [-0.4, -0.2) is 70.1 Å². The van der Waals surface area contributed by atoms with Gasteiger partial charge in [0, 0.05) is 13.1 Å². The first kappa shape index (κ1) is 23.4. The second-order valence-corrected chi connectivity index (χ2v) is 5.87. The van der Waals surface area contributed by atoms with E-state index in [0.717, 1.165) is 5.56 Å². The van der Waals surface area contributed by atoms with Gasteiger partial charge in [0.1, 0.15) is 6.61 Å². The summed E-state index contributed by atoms with van der Waals surface area (Å²) in [4.78, 5) is 22.4. The topological polar surface area (TPSA) is 95.1 Å². The highest BCUT2D eigenvalue weighted by Crippen LogP contribution is 2.00. The molecule has 0 unspecified atom stereocenters. The third-order valence-corrected chi connectivity index (χ3v) is 3.67. The molecule has 1 aromatic rings. The van der Waals surface area contributed by atoms with E-state index in [4.69, 9.17) is 18.9 Å². The Morgan fingerprint density at radius 1 is 0.815 bits per heavy atom. The maximum Gasteiger partial charge on any atom is 0.407 e. The molecular weight excluding hydrogens is 420 g/mol. The van der Waals surface area contributed by atoms with Gasteiger partial charge in [0.2, 0.25) is 5.91 Å². The second kappa shape index (κ2) is 16.5. The number of hydrogen-bond acceptors (Lipinski definition) is 6. The fourth-order valence-corrected chi connectivity index (χ4v) is 2.05. The number of benzene rings is 1. The maximum atomic E-state index is 11.5. The van der Waals surface area contributed by atoms with Crippen LogP contribution in [-0.2, 0) is 30.3 Å². The molecule has 2 amide bonds. The van der Waals surface area contributed by atoms with Crippen molar-refractivity contribution in [2.45, 2.75) is 6.61 Å². The number of carbonyl (C=O) groups is 2. The summed E-state index contributed by atoms with van der Waals surface area (Å²) in [6.07, 6.45) is -0.469. The lowest BCUT2D eigenvalue weighted by Gasteiger charge is -2.08. The largest absolute Gasteiger partial charge is 0.445 e. The van der Waals surface area contributed by atoms with Crippen molar-refractivity contribution >= 4 is 27.9 Å². The molecule has 1 aromatic carbocycles. The van der Waals surface area contributed by atoms with Crippen molar-refractivity contribution in [3.8, 4) is 0 Å². The van der Waals surface area contributed by atoms with Crippen LogP contribution < -0.4 is 10.6 Å². The van der Waals surface area contributed by atoms with E-state index in [1.54, 1.807) is 0 Å². The molecule has 0 saturated heterocycles.